The molecule has 4 amide bonds. The molecule has 9 nitrogen and oxygen atoms in total. The molecule has 2 aromatic rings. The molecule has 0 bridgehead atoms. The van der Waals surface area contributed by atoms with E-state index in [-0.39, 0.29) is 5.82 Å². The molecule has 2 heterocycles. The first-order valence-corrected chi connectivity index (χ1v) is 8.97. The number of rotatable bonds is 4. The lowest BCUT2D eigenvalue weighted by molar-refractivity contribution is -0.134. The minimum absolute atomic E-state index is 0.236. The van der Waals surface area contributed by atoms with E-state index in [4.69, 9.17) is 9.26 Å². The largest absolute Gasteiger partial charge is 0.497 e. The summed E-state index contributed by atoms with van der Waals surface area (Å²) in [6.07, 6.45) is 2.02. The fraction of sp³-hybridized carbons (Fsp3) is 0.368. The Hall–Kier alpha value is -3.36. The van der Waals surface area contributed by atoms with E-state index in [1.165, 1.54) is 0 Å². The maximum Gasteiger partial charge on any atom is 0.325 e. The SMILES string of the molecule is COc1ccc2c(c1)CCCC21NC(=O)N(CC(=O)Nc2cc(C)on2)C1=O. The third kappa shape index (κ3) is 2.88. The molecule has 1 aromatic heterocycles. The molecule has 28 heavy (non-hydrogen) atoms. The number of hydrogen-bond acceptors (Lipinski definition) is 6. The second-order valence-corrected chi connectivity index (χ2v) is 6.97. The van der Waals surface area contributed by atoms with Crippen molar-refractivity contribution in [1.82, 2.24) is 15.4 Å². The van der Waals surface area contributed by atoms with Crippen LogP contribution in [0.15, 0.2) is 28.8 Å². The van der Waals surface area contributed by atoms with Gasteiger partial charge in [-0.2, -0.15) is 0 Å². The van der Waals surface area contributed by atoms with Gasteiger partial charge in [0.25, 0.3) is 5.91 Å². The van der Waals surface area contributed by atoms with Gasteiger partial charge in [0.1, 0.15) is 23.6 Å². The number of anilines is 1. The second-order valence-electron chi connectivity index (χ2n) is 6.97. The second kappa shape index (κ2) is 6.66. The van der Waals surface area contributed by atoms with Gasteiger partial charge in [0.05, 0.1) is 7.11 Å². The molecule has 1 aliphatic heterocycles. The summed E-state index contributed by atoms with van der Waals surface area (Å²) < 4.78 is 10.2. The van der Waals surface area contributed by atoms with Crippen LogP contribution < -0.4 is 15.4 Å². The Morgan fingerprint density at radius 1 is 1.39 bits per heavy atom. The summed E-state index contributed by atoms with van der Waals surface area (Å²) in [5.41, 5.74) is 0.582. The number of methoxy groups -OCH3 is 1. The Labute approximate surface area is 161 Å². The molecule has 2 aliphatic rings. The van der Waals surface area contributed by atoms with Crippen LogP contribution in [0.1, 0.15) is 29.7 Å². The van der Waals surface area contributed by atoms with Crippen molar-refractivity contribution in [2.24, 2.45) is 0 Å². The quantitative estimate of drug-likeness (QED) is 0.776. The minimum Gasteiger partial charge on any atom is -0.497 e. The van der Waals surface area contributed by atoms with E-state index in [0.29, 0.717) is 17.9 Å². The number of amides is 4. The normalized spacial score (nSPS) is 20.9. The van der Waals surface area contributed by atoms with Crippen LogP contribution in [-0.2, 0) is 21.5 Å². The van der Waals surface area contributed by atoms with E-state index in [0.717, 1.165) is 28.9 Å². The van der Waals surface area contributed by atoms with Crippen molar-refractivity contribution >= 4 is 23.7 Å². The lowest BCUT2D eigenvalue weighted by atomic mass is 9.76. The summed E-state index contributed by atoms with van der Waals surface area (Å²) in [6.45, 7) is 1.29. The van der Waals surface area contributed by atoms with E-state index in [2.05, 4.69) is 15.8 Å². The van der Waals surface area contributed by atoms with Crippen LogP contribution in [0.2, 0.25) is 0 Å². The van der Waals surface area contributed by atoms with Gasteiger partial charge in [-0.3, -0.25) is 14.5 Å². The molecule has 1 aromatic carbocycles. The average Bonchev–Trinajstić information content (AvgIpc) is 3.18. The smallest absolute Gasteiger partial charge is 0.325 e. The zero-order valence-electron chi connectivity index (χ0n) is 15.6. The maximum absolute atomic E-state index is 13.2. The van der Waals surface area contributed by atoms with Crippen molar-refractivity contribution in [2.45, 2.75) is 31.7 Å². The Morgan fingerprint density at radius 2 is 2.21 bits per heavy atom. The van der Waals surface area contributed by atoms with Gasteiger partial charge in [0, 0.05) is 6.07 Å². The van der Waals surface area contributed by atoms with E-state index >= 15 is 0 Å². The highest BCUT2D eigenvalue weighted by atomic mass is 16.5. The van der Waals surface area contributed by atoms with Crippen LogP contribution in [0.5, 0.6) is 5.75 Å². The molecule has 9 heteroatoms. The number of hydrogen-bond donors (Lipinski definition) is 2. The van der Waals surface area contributed by atoms with Crippen LogP contribution >= 0.6 is 0 Å². The number of nitrogens with zero attached hydrogens (tertiary/aromatic N) is 2. The van der Waals surface area contributed by atoms with Crippen LogP contribution in [-0.4, -0.2) is 41.6 Å². The highest BCUT2D eigenvalue weighted by Gasteiger charge is 2.54. The van der Waals surface area contributed by atoms with Crippen molar-refractivity contribution in [1.29, 1.82) is 0 Å². The van der Waals surface area contributed by atoms with Crippen molar-refractivity contribution in [2.75, 3.05) is 19.0 Å². The minimum atomic E-state index is -1.14. The number of imide groups is 1. The fourth-order valence-electron chi connectivity index (χ4n) is 3.87. The fourth-order valence-corrected chi connectivity index (χ4v) is 3.87. The molecule has 0 saturated carbocycles. The van der Waals surface area contributed by atoms with Gasteiger partial charge in [-0.1, -0.05) is 11.2 Å². The van der Waals surface area contributed by atoms with Crippen LogP contribution in [0.4, 0.5) is 10.6 Å². The molecule has 2 N–H and O–H groups in total. The summed E-state index contributed by atoms with van der Waals surface area (Å²) in [4.78, 5) is 39.0. The molecule has 0 radical (unpaired) electrons. The highest BCUT2D eigenvalue weighted by molar-refractivity contribution is 6.10. The lowest BCUT2D eigenvalue weighted by Gasteiger charge is -2.33. The van der Waals surface area contributed by atoms with Crippen molar-refractivity contribution < 1.29 is 23.6 Å². The van der Waals surface area contributed by atoms with Crippen molar-refractivity contribution in [3.05, 3.63) is 41.2 Å². The Morgan fingerprint density at radius 3 is 2.93 bits per heavy atom. The van der Waals surface area contributed by atoms with Crippen molar-refractivity contribution in [3.8, 4) is 5.75 Å². The van der Waals surface area contributed by atoms with E-state index < -0.39 is 29.9 Å². The van der Waals surface area contributed by atoms with Gasteiger partial charge in [-0.25, -0.2) is 4.79 Å². The summed E-state index contributed by atoms with van der Waals surface area (Å²) in [7, 11) is 1.58. The topological polar surface area (TPSA) is 114 Å². The molecule has 1 fully saturated rings. The molecule has 1 aliphatic carbocycles. The number of benzene rings is 1. The Balaban J connectivity index is 1.57. The third-order valence-corrected chi connectivity index (χ3v) is 5.14. The average molecular weight is 384 g/mol. The van der Waals surface area contributed by atoms with E-state index in [1.807, 2.05) is 12.1 Å². The van der Waals surface area contributed by atoms with Crippen molar-refractivity contribution in [3.63, 3.8) is 0 Å². The molecule has 4 rings (SSSR count). The van der Waals surface area contributed by atoms with Crippen LogP contribution in [0.25, 0.3) is 0 Å². The number of nitrogens with one attached hydrogen (secondary N) is 2. The predicted molar refractivity (Wildman–Crippen MR) is 97.7 cm³/mol. The van der Waals surface area contributed by atoms with Gasteiger partial charge in [-0.05, 0) is 49.4 Å². The van der Waals surface area contributed by atoms with Gasteiger partial charge in [0.2, 0.25) is 5.91 Å². The predicted octanol–water partition coefficient (Wildman–Crippen LogP) is 1.71. The number of carbonyl (C=O) groups is 3. The number of aromatic nitrogens is 1. The number of urea groups is 1. The van der Waals surface area contributed by atoms with Crippen LogP contribution in [0, 0.1) is 6.92 Å². The van der Waals surface area contributed by atoms with Gasteiger partial charge in [0.15, 0.2) is 5.82 Å². The number of ether oxygens (including phenoxy) is 1. The van der Waals surface area contributed by atoms with Gasteiger partial charge < -0.3 is 19.9 Å². The summed E-state index contributed by atoms with van der Waals surface area (Å²) in [6, 6.07) is 6.44. The zero-order valence-corrected chi connectivity index (χ0v) is 15.6. The number of carbonyl (C=O) groups excluding carboxylic acids is 3. The summed E-state index contributed by atoms with van der Waals surface area (Å²) in [5, 5.41) is 9.02. The van der Waals surface area contributed by atoms with E-state index in [1.54, 1.807) is 26.2 Å². The Kier molecular flexibility index (Phi) is 4.29. The maximum atomic E-state index is 13.2. The summed E-state index contributed by atoms with van der Waals surface area (Å²) >= 11 is 0. The first-order chi connectivity index (χ1) is 13.4. The van der Waals surface area contributed by atoms with Gasteiger partial charge in [-0.15, -0.1) is 0 Å². The molecule has 1 saturated heterocycles. The monoisotopic (exact) mass is 384 g/mol. The van der Waals surface area contributed by atoms with E-state index in [9.17, 15) is 14.4 Å². The summed E-state index contributed by atoms with van der Waals surface area (Å²) in [5.74, 6) is 0.527. The first-order valence-electron chi connectivity index (χ1n) is 8.97. The molecular weight excluding hydrogens is 364 g/mol. The highest BCUT2D eigenvalue weighted by Crippen LogP contribution is 2.41. The number of fused-ring (bicyclic) bond motifs is 2. The Bertz CT molecular complexity index is 969. The lowest BCUT2D eigenvalue weighted by Crippen LogP contribution is -2.47. The number of aryl methyl sites for hydroxylation is 2. The molecule has 146 valence electrons. The first kappa shape index (κ1) is 18.0. The standard InChI is InChI=1S/C19H20N4O5/c1-11-8-15(22-28-11)20-16(24)10-23-17(25)19(21-18(23)26)7-3-4-12-9-13(27-2)5-6-14(12)19/h5-6,8-9H,3-4,7,10H2,1-2H3,(H,21,26)(H,20,22,24). The molecule has 1 spiro atoms. The van der Waals surface area contributed by atoms with Crippen LogP contribution in [0.3, 0.4) is 0 Å². The van der Waals surface area contributed by atoms with Gasteiger partial charge >= 0.3 is 6.03 Å². The molecular formula is C19H20N4O5. The molecule has 1 atom stereocenters. The zero-order chi connectivity index (χ0) is 19.9. The molecule has 1 unspecified atom stereocenters. The third-order valence-electron chi connectivity index (χ3n) is 5.14.